The van der Waals surface area contributed by atoms with Crippen molar-refractivity contribution in [3.05, 3.63) is 53.9 Å². The number of methoxy groups -OCH3 is 1. The van der Waals surface area contributed by atoms with Crippen LogP contribution in [0.25, 0.3) is 11.5 Å². The molecule has 1 aliphatic rings. The molecule has 10 nitrogen and oxygen atoms in total. The van der Waals surface area contributed by atoms with E-state index in [1.54, 1.807) is 23.1 Å². The zero-order chi connectivity index (χ0) is 26.5. The molecule has 0 spiro atoms. The van der Waals surface area contributed by atoms with Gasteiger partial charge in [0.1, 0.15) is 5.82 Å². The highest BCUT2D eigenvalue weighted by molar-refractivity contribution is 5.84. The van der Waals surface area contributed by atoms with Gasteiger partial charge in [-0.05, 0) is 43.2 Å². The fraction of sp³-hybridized carbons (Fsp3) is 0.375. The van der Waals surface area contributed by atoms with Gasteiger partial charge in [-0.25, -0.2) is 9.18 Å². The normalized spacial score (nSPS) is 14.1. The Morgan fingerprint density at radius 2 is 1.97 bits per heavy atom. The van der Waals surface area contributed by atoms with Gasteiger partial charge in [-0.15, -0.1) is 10.2 Å². The second-order valence-electron chi connectivity index (χ2n) is 8.45. The third-order valence-electron chi connectivity index (χ3n) is 6.23. The number of amides is 2. The first-order chi connectivity index (χ1) is 17.8. The van der Waals surface area contributed by atoms with Crippen LogP contribution in [-0.2, 0) is 16.1 Å². The molecule has 4 rings (SSSR count). The molecule has 3 aromatic rings. The van der Waals surface area contributed by atoms with Crippen molar-refractivity contribution in [1.82, 2.24) is 20.1 Å². The number of rotatable bonds is 8. The van der Waals surface area contributed by atoms with Crippen LogP contribution in [0.2, 0.25) is 0 Å². The fourth-order valence-corrected chi connectivity index (χ4v) is 4.22. The van der Waals surface area contributed by atoms with Crippen LogP contribution in [0.5, 0.6) is 0 Å². The number of hydrogen-bond donors (Lipinski definition) is 0. The van der Waals surface area contributed by atoms with E-state index in [4.69, 9.17) is 9.15 Å². The van der Waals surface area contributed by atoms with Crippen LogP contribution in [0.3, 0.4) is 0 Å². The molecular formula is C24H25F3N6O4. The van der Waals surface area contributed by atoms with Crippen molar-refractivity contribution in [3.8, 4) is 11.5 Å². The molecule has 0 radical (unpaired) electrons. The van der Waals surface area contributed by atoms with E-state index >= 15 is 0 Å². The van der Waals surface area contributed by atoms with Crippen LogP contribution < -0.4 is 9.80 Å². The molecule has 196 valence electrons. The predicted octanol–water partition coefficient (Wildman–Crippen LogP) is 4.04. The molecule has 0 N–H and O–H groups in total. The summed E-state index contributed by atoms with van der Waals surface area (Å²) in [4.78, 5) is 33.1. The summed E-state index contributed by atoms with van der Waals surface area (Å²) in [6, 6.07) is 7.42. The van der Waals surface area contributed by atoms with E-state index in [1.165, 1.54) is 30.3 Å². The van der Waals surface area contributed by atoms with E-state index in [-0.39, 0.29) is 24.6 Å². The SMILES string of the molecule is COC(=O)N1CCC(N(C)c2ccc(F)cc2N(C=O)Cc2ccc(-c3nnc(C(F)F)o3)cn2)CC1. The van der Waals surface area contributed by atoms with Gasteiger partial charge in [0.25, 0.3) is 5.89 Å². The zero-order valence-corrected chi connectivity index (χ0v) is 20.2. The Balaban J connectivity index is 1.51. The predicted molar refractivity (Wildman–Crippen MR) is 127 cm³/mol. The Morgan fingerprint density at radius 1 is 1.22 bits per heavy atom. The van der Waals surface area contributed by atoms with Gasteiger partial charge < -0.3 is 23.9 Å². The lowest BCUT2D eigenvalue weighted by molar-refractivity contribution is -0.107. The molecule has 3 heterocycles. The van der Waals surface area contributed by atoms with Gasteiger partial charge in [-0.3, -0.25) is 9.78 Å². The summed E-state index contributed by atoms with van der Waals surface area (Å²) in [7, 11) is 3.21. The number of carbonyl (C=O) groups is 2. The number of benzene rings is 1. The van der Waals surface area contributed by atoms with Crippen LogP contribution in [0.15, 0.2) is 40.9 Å². The Morgan fingerprint density at radius 3 is 2.57 bits per heavy atom. The number of anilines is 2. The molecule has 13 heteroatoms. The summed E-state index contributed by atoms with van der Waals surface area (Å²) in [5.41, 5.74) is 1.81. The summed E-state index contributed by atoms with van der Waals surface area (Å²) in [5, 5.41) is 6.88. The Hall–Kier alpha value is -4.16. The molecule has 0 unspecified atom stereocenters. The second-order valence-corrected chi connectivity index (χ2v) is 8.45. The first-order valence-corrected chi connectivity index (χ1v) is 11.4. The monoisotopic (exact) mass is 518 g/mol. The van der Waals surface area contributed by atoms with Crippen LogP contribution in [0, 0.1) is 5.82 Å². The molecule has 1 aromatic carbocycles. The maximum absolute atomic E-state index is 14.3. The summed E-state index contributed by atoms with van der Waals surface area (Å²) in [6.45, 7) is 1.07. The van der Waals surface area contributed by atoms with Crippen LogP contribution >= 0.6 is 0 Å². The average Bonchev–Trinajstić information content (AvgIpc) is 3.42. The number of piperidine rings is 1. The minimum atomic E-state index is -2.88. The zero-order valence-electron chi connectivity index (χ0n) is 20.2. The van der Waals surface area contributed by atoms with E-state index < -0.39 is 18.1 Å². The van der Waals surface area contributed by atoms with Crippen LogP contribution in [-0.4, -0.2) is 65.9 Å². The van der Waals surface area contributed by atoms with E-state index in [2.05, 4.69) is 15.2 Å². The van der Waals surface area contributed by atoms with Crippen molar-refractivity contribution < 1.29 is 31.9 Å². The van der Waals surface area contributed by atoms with E-state index in [9.17, 15) is 22.8 Å². The lowest BCUT2D eigenvalue weighted by Crippen LogP contribution is -2.46. The number of ether oxygens (including phenoxy) is 1. The van der Waals surface area contributed by atoms with Gasteiger partial charge in [0.05, 0.1) is 36.3 Å². The molecule has 2 aromatic heterocycles. The molecule has 0 bridgehead atoms. The van der Waals surface area contributed by atoms with Gasteiger partial charge in [0, 0.05) is 32.4 Å². The smallest absolute Gasteiger partial charge is 0.409 e. The van der Waals surface area contributed by atoms with E-state index in [0.717, 1.165) is 0 Å². The first kappa shape index (κ1) is 25.9. The molecule has 0 saturated carbocycles. The van der Waals surface area contributed by atoms with E-state index in [1.807, 2.05) is 11.9 Å². The molecule has 1 fully saturated rings. The number of halogens is 3. The number of likely N-dealkylation sites (tertiary alicyclic amines) is 1. The molecule has 37 heavy (non-hydrogen) atoms. The number of carbonyl (C=O) groups excluding carboxylic acids is 2. The average molecular weight is 518 g/mol. The third-order valence-corrected chi connectivity index (χ3v) is 6.23. The highest BCUT2D eigenvalue weighted by atomic mass is 19.3. The number of hydrogen-bond acceptors (Lipinski definition) is 8. The fourth-order valence-electron chi connectivity index (χ4n) is 4.22. The lowest BCUT2D eigenvalue weighted by Gasteiger charge is -2.38. The third kappa shape index (κ3) is 5.81. The minimum absolute atomic E-state index is 0.0287. The summed E-state index contributed by atoms with van der Waals surface area (Å²) < 4.78 is 49.4. The second kappa shape index (κ2) is 11.3. The number of alkyl halides is 2. The van der Waals surface area contributed by atoms with Crippen molar-refractivity contribution >= 4 is 23.9 Å². The Labute approximate surface area is 210 Å². The molecule has 2 amide bonds. The minimum Gasteiger partial charge on any atom is -0.453 e. The van der Waals surface area contributed by atoms with Crippen LogP contribution in [0.1, 0.15) is 30.9 Å². The standard InChI is InChI=1S/C24H25F3N6O4/c1-31(18-7-9-32(10-8-18)24(35)36-2)19-6-4-16(25)11-20(19)33(14-34)13-17-5-3-15(12-28-17)22-29-30-23(37-22)21(26)27/h3-6,11-12,14,18,21H,7-10,13H2,1-2H3. The number of aromatic nitrogens is 3. The Kier molecular flexibility index (Phi) is 7.89. The molecule has 1 aliphatic heterocycles. The Bertz CT molecular complexity index is 1230. The van der Waals surface area contributed by atoms with Crippen molar-refractivity contribution in [3.63, 3.8) is 0 Å². The van der Waals surface area contributed by atoms with Crippen molar-refractivity contribution in [1.29, 1.82) is 0 Å². The highest BCUT2D eigenvalue weighted by Gasteiger charge is 2.28. The molecule has 0 aliphatic carbocycles. The lowest BCUT2D eigenvalue weighted by atomic mass is 10.0. The quantitative estimate of drug-likeness (QED) is 0.412. The van der Waals surface area contributed by atoms with Gasteiger partial charge in [-0.2, -0.15) is 8.78 Å². The number of pyridine rings is 1. The van der Waals surface area contributed by atoms with Gasteiger partial charge in [0.15, 0.2) is 0 Å². The largest absolute Gasteiger partial charge is 0.453 e. The summed E-state index contributed by atoms with van der Waals surface area (Å²) in [6.07, 6.45) is 0.0604. The van der Waals surface area contributed by atoms with E-state index in [0.29, 0.717) is 55.0 Å². The van der Waals surface area contributed by atoms with Gasteiger partial charge in [0.2, 0.25) is 12.3 Å². The summed E-state index contributed by atoms with van der Waals surface area (Å²) >= 11 is 0. The topological polar surface area (TPSA) is 105 Å². The molecule has 0 atom stereocenters. The first-order valence-electron chi connectivity index (χ1n) is 11.4. The van der Waals surface area contributed by atoms with Gasteiger partial charge >= 0.3 is 12.5 Å². The highest BCUT2D eigenvalue weighted by Crippen LogP contribution is 2.33. The van der Waals surface area contributed by atoms with Crippen molar-refractivity contribution in [2.45, 2.75) is 31.9 Å². The van der Waals surface area contributed by atoms with Crippen molar-refractivity contribution in [2.75, 3.05) is 37.0 Å². The van der Waals surface area contributed by atoms with Gasteiger partial charge in [-0.1, -0.05) is 0 Å². The molecule has 1 saturated heterocycles. The van der Waals surface area contributed by atoms with Crippen LogP contribution in [0.4, 0.5) is 29.3 Å². The summed E-state index contributed by atoms with van der Waals surface area (Å²) in [5.74, 6) is -1.40. The maximum Gasteiger partial charge on any atom is 0.409 e. The van der Waals surface area contributed by atoms with Crippen molar-refractivity contribution in [2.24, 2.45) is 0 Å². The maximum atomic E-state index is 14.3. The molecular weight excluding hydrogens is 493 g/mol. The number of nitrogens with zero attached hydrogens (tertiary/aromatic N) is 6.